The van der Waals surface area contributed by atoms with Gasteiger partial charge in [-0.25, -0.2) is 50.1 Å². The molecule has 0 spiro atoms. The van der Waals surface area contributed by atoms with Crippen LogP contribution in [0.25, 0.3) is 142 Å². The monoisotopic (exact) mass is 1980 g/mol. The second-order valence-corrected chi connectivity index (χ2v) is 23.5. The van der Waals surface area contributed by atoms with Gasteiger partial charge in [0, 0.05) is 196 Å². The van der Waals surface area contributed by atoms with Crippen molar-refractivity contribution in [2.24, 2.45) is 0 Å². The Morgan fingerprint density at radius 2 is 0.449 bits per heavy atom. The molecule has 0 aromatic heterocycles. The zero-order valence-corrected chi connectivity index (χ0v) is 87.3. The van der Waals surface area contributed by atoms with Crippen molar-refractivity contribution in [3.05, 3.63) is 449 Å². The number of hydrogen-bond acceptors (Lipinski definition) is 0. The summed E-state index contributed by atoms with van der Waals surface area (Å²) in [5, 5.41) is 17.0. The fraction of sp³-hybridized carbons (Fsp3) is 0.107. The Balaban J connectivity index is 0.000000465. The Bertz CT molecular complexity index is 5670. The minimum absolute atomic E-state index is 0. The van der Waals surface area contributed by atoms with E-state index in [2.05, 4.69) is 291 Å². The average molecular weight is 1980 g/mol. The molecule has 0 unspecified atom stereocenters. The smallest absolute Gasteiger partial charge is 0 e. The van der Waals surface area contributed by atoms with Crippen molar-refractivity contribution in [2.75, 3.05) is 0 Å². The molecule has 6 radical (unpaired) electrons. The fourth-order valence-corrected chi connectivity index (χ4v) is 12.1. The minimum atomic E-state index is 0. The molecule has 0 amide bonds. The molecule has 0 atom stereocenters. The van der Waals surface area contributed by atoms with Crippen LogP contribution in [0.15, 0.2) is 376 Å². The molecule has 0 bridgehead atoms. The van der Waals surface area contributed by atoms with E-state index < -0.39 is 0 Å². The van der Waals surface area contributed by atoms with E-state index in [1.54, 1.807) is 0 Å². The van der Waals surface area contributed by atoms with Crippen LogP contribution in [0.4, 0.5) is 0 Å². The molecule has 0 saturated heterocycles. The summed E-state index contributed by atoms with van der Waals surface area (Å²) < 4.78 is 0. The SMILES string of the molecule is CC.CC.CC.CC.CC.CC.[Y].[Y].[Y].[Y].[Y].[Y].[c-]1ccc2ccccc2c1-c1[c-]c2ccccc2cc1.[c-]1ccccc1-c1[c-]c2ccccc2c2ccccc12.[c-]1ccccc1-c1[c-]c2ccccc2cc1.[c-]1ccccc1-c1[c-]cc2ccccc2c1.[c-]1ccccc1-c1[c-]ccc2ccccc12.[c-]1ccccc1-c1[c-]cccc1. The normalized spacial score (nSPS) is 9.29. The predicted molar refractivity (Wildman–Crippen MR) is 488 cm³/mol. The first-order valence-corrected chi connectivity index (χ1v) is 39.3. The zero-order valence-electron chi connectivity index (χ0n) is 70.3. The van der Waals surface area contributed by atoms with E-state index in [-0.39, 0.29) is 196 Å². The summed E-state index contributed by atoms with van der Waals surface area (Å²) in [7, 11) is 0. The van der Waals surface area contributed by atoms with E-state index >= 15 is 0 Å². The van der Waals surface area contributed by atoms with Gasteiger partial charge in [-0.3, -0.25) is 0 Å². The van der Waals surface area contributed by atoms with Gasteiger partial charge in [0.05, 0.1) is 0 Å². The molecule has 0 N–H and O–H groups in total. The maximum absolute atomic E-state index is 3.55. The Labute approximate surface area is 858 Å². The maximum atomic E-state index is 3.55. The van der Waals surface area contributed by atoms with Crippen LogP contribution in [0.1, 0.15) is 83.1 Å². The summed E-state index contributed by atoms with van der Waals surface area (Å²) in [4.78, 5) is 0. The van der Waals surface area contributed by atoms with Crippen molar-refractivity contribution < 1.29 is 196 Å². The number of benzene rings is 19. The quantitative estimate of drug-likeness (QED) is 0.115. The molecular formula is C112H98Y6-12. The first-order chi connectivity index (χ1) is 55.6. The summed E-state index contributed by atoms with van der Waals surface area (Å²) in [5.74, 6) is 0. The third-order valence-electron chi connectivity index (χ3n) is 17.0. The summed E-state index contributed by atoms with van der Waals surface area (Å²) in [6.07, 6.45) is 0. The second kappa shape index (κ2) is 62.7. The van der Waals surface area contributed by atoms with Crippen molar-refractivity contribution in [3.63, 3.8) is 0 Å². The third kappa shape index (κ3) is 31.8. The van der Waals surface area contributed by atoms with Crippen molar-refractivity contribution in [2.45, 2.75) is 83.1 Å². The van der Waals surface area contributed by atoms with Gasteiger partial charge in [-0.1, -0.05) is 244 Å². The predicted octanol–water partition coefficient (Wildman–Crippen LogP) is 31.9. The molecule has 0 fully saturated rings. The van der Waals surface area contributed by atoms with Gasteiger partial charge in [-0.2, -0.15) is 229 Å². The standard InChI is InChI=1S/2C20H12.3C16H10.C12H8.6C2H6.6Y/c1-2-8-17-14-18(13-12-15(17)6-1)20-11-5-9-16-7-3-4-10-19(16)20;1-2-8-15(9-3-1)20-14-16-10-4-5-11-17(16)18-12-6-7-13-19(18)20;1-2-7-13(8-3-1)16-12-6-10-14-9-4-5-11-15(14)16;2*1-2-6-13(7-3-1)16-11-10-14-8-4-5-9-15(14)12-16;1-3-7-11(8-4-1)12-9-5-2-6-10-12;6*1-2;;;;;;/h1-10,12-13H;1-8,10-13H;1-7,9-11H;1-6,8-10,12H;1-6,8-11H;1-7,9H;6*1-2H3;;;;;;/q6*-2;;;;;;;;;;;;. The molecule has 0 saturated carbocycles. The van der Waals surface area contributed by atoms with E-state index in [1.807, 2.05) is 241 Å². The third-order valence-corrected chi connectivity index (χ3v) is 17.0. The molecule has 118 heavy (non-hydrogen) atoms. The van der Waals surface area contributed by atoms with Crippen LogP contribution >= 0.6 is 0 Å². The van der Waals surface area contributed by atoms with Gasteiger partial charge in [-0.15, -0.1) is 151 Å². The van der Waals surface area contributed by atoms with E-state index in [1.165, 1.54) is 59.2 Å². The summed E-state index contributed by atoms with van der Waals surface area (Å²) in [6.45, 7) is 24.0. The molecule has 576 valence electrons. The summed E-state index contributed by atoms with van der Waals surface area (Å²) >= 11 is 0. The van der Waals surface area contributed by atoms with Gasteiger partial charge in [-0.05, 0) is 0 Å². The van der Waals surface area contributed by atoms with Gasteiger partial charge >= 0.3 is 0 Å². The van der Waals surface area contributed by atoms with Gasteiger partial charge in [0.25, 0.3) is 0 Å². The van der Waals surface area contributed by atoms with Gasteiger partial charge in [0.2, 0.25) is 0 Å². The molecular weight excluding hydrogens is 1880 g/mol. The van der Waals surface area contributed by atoms with Crippen molar-refractivity contribution in [1.82, 2.24) is 0 Å². The van der Waals surface area contributed by atoms with Crippen LogP contribution in [0.2, 0.25) is 0 Å². The van der Waals surface area contributed by atoms with Gasteiger partial charge in [0.1, 0.15) is 0 Å². The summed E-state index contributed by atoms with van der Waals surface area (Å²) in [5.41, 5.74) is 13.2. The van der Waals surface area contributed by atoms with Gasteiger partial charge in [0.15, 0.2) is 0 Å². The Hall–Kier alpha value is -6.38. The largest absolute Gasteiger partial charge is 0.226 e. The Morgan fingerprint density at radius 3 is 0.873 bits per heavy atom. The van der Waals surface area contributed by atoms with E-state index in [4.69, 9.17) is 0 Å². The van der Waals surface area contributed by atoms with Crippen molar-refractivity contribution in [3.8, 4) is 66.8 Å². The van der Waals surface area contributed by atoms with Crippen LogP contribution in [0.3, 0.4) is 0 Å². The molecule has 0 aliphatic carbocycles. The Morgan fingerprint density at radius 1 is 0.153 bits per heavy atom. The van der Waals surface area contributed by atoms with Crippen LogP contribution in [0, 0.1) is 72.8 Å². The first kappa shape index (κ1) is 108. The van der Waals surface area contributed by atoms with Gasteiger partial charge < -0.3 is 0 Å². The second-order valence-electron chi connectivity index (χ2n) is 23.5. The molecule has 19 aromatic carbocycles. The van der Waals surface area contributed by atoms with Crippen LogP contribution < -0.4 is 0 Å². The molecule has 6 heteroatoms. The molecule has 0 nitrogen and oxygen atoms in total. The topological polar surface area (TPSA) is 0 Å². The molecule has 19 rings (SSSR count). The molecule has 19 aromatic rings. The average Bonchev–Trinajstić information content (AvgIpc) is 0.764. The molecule has 0 heterocycles. The van der Waals surface area contributed by atoms with Crippen LogP contribution in [0.5, 0.6) is 0 Å². The molecule has 0 aliphatic heterocycles. The Kier molecular flexibility index (Phi) is 57.2. The number of fused-ring (bicyclic) bond motifs is 8. The number of hydrogen-bond donors (Lipinski definition) is 0. The number of rotatable bonds is 6. The maximum Gasteiger partial charge on any atom is 0 e. The summed E-state index contributed by atoms with van der Waals surface area (Å²) in [6, 6.07) is 167. The fourth-order valence-electron chi connectivity index (χ4n) is 12.1. The first-order valence-electron chi connectivity index (χ1n) is 39.3. The van der Waals surface area contributed by atoms with Crippen LogP contribution in [-0.4, -0.2) is 0 Å². The van der Waals surface area contributed by atoms with E-state index in [0.717, 1.165) is 82.9 Å². The molecule has 0 aliphatic rings. The van der Waals surface area contributed by atoms with Crippen LogP contribution in [-0.2, 0) is 196 Å². The van der Waals surface area contributed by atoms with Crippen molar-refractivity contribution in [1.29, 1.82) is 0 Å². The van der Waals surface area contributed by atoms with E-state index in [0.29, 0.717) is 0 Å². The van der Waals surface area contributed by atoms with E-state index in [9.17, 15) is 0 Å². The minimum Gasteiger partial charge on any atom is -0.226 e. The van der Waals surface area contributed by atoms with Crippen molar-refractivity contribution >= 4 is 75.4 Å². The zero-order chi connectivity index (χ0) is 79.3.